The Bertz CT molecular complexity index is 1200. The molecular weight excluding hydrogens is 532 g/mol. The fraction of sp³-hybridized carbons (Fsp3) is 0.806. The lowest BCUT2D eigenvalue weighted by Crippen LogP contribution is -2.68. The smallest absolute Gasteiger partial charge is 0.331 e. The first kappa shape index (κ1) is 28.0. The molecule has 3 heterocycles. The summed E-state index contributed by atoms with van der Waals surface area (Å²) in [5, 5.41) is 24.3. The van der Waals surface area contributed by atoms with E-state index < -0.39 is 35.3 Å². The Morgan fingerprint density at radius 3 is 2.63 bits per heavy atom. The fourth-order valence-electron chi connectivity index (χ4n) is 10.2. The molecule has 7 rings (SSSR count). The van der Waals surface area contributed by atoms with Crippen molar-refractivity contribution in [3.05, 3.63) is 23.3 Å². The predicted octanol–water partition coefficient (Wildman–Crippen LogP) is 2.55. The molecule has 5 fully saturated rings. The monoisotopic (exact) mass is 574 g/mol. The summed E-state index contributed by atoms with van der Waals surface area (Å²) in [6.07, 6.45) is 5.69. The highest BCUT2D eigenvalue weighted by molar-refractivity contribution is 5.85. The summed E-state index contributed by atoms with van der Waals surface area (Å²) in [5.74, 6) is -2.62. The number of esters is 2. The topological polar surface area (TPSA) is 130 Å². The van der Waals surface area contributed by atoms with E-state index in [1.54, 1.807) is 7.11 Å². The van der Waals surface area contributed by atoms with Crippen LogP contribution in [0.3, 0.4) is 0 Å². The second kappa shape index (κ2) is 9.34. The molecule has 0 aromatic heterocycles. The quantitative estimate of drug-likeness (QED) is 0.383. The van der Waals surface area contributed by atoms with Crippen molar-refractivity contribution in [2.75, 3.05) is 20.3 Å². The van der Waals surface area contributed by atoms with E-state index in [4.69, 9.17) is 28.4 Å². The van der Waals surface area contributed by atoms with Crippen LogP contribution in [0, 0.1) is 28.6 Å². The molecule has 4 aliphatic carbocycles. The lowest BCUT2D eigenvalue weighted by Gasteiger charge is -2.63. The Kier molecular flexibility index (Phi) is 6.37. The van der Waals surface area contributed by atoms with Gasteiger partial charge < -0.3 is 38.6 Å². The zero-order valence-corrected chi connectivity index (χ0v) is 24.3. The molecule has 3 aliphatic heterocycles. The summed E-state index contributed by atoms with van der Waals surface area (Å²) in [5.41, 5.74) is 0.167. The molecule has 0 amide bonds. The molecular formula is C31H42O10. The van der Waals surface area contributed by atoms with Crippen LogP contribution < -0.4 is 0 Å². The van der Waals surface area contributed by atoms with Gasteiger partial charge in [-0.3, -0.25) is 4.79 Å². The van der Waals surface area contributed by atoms with Crippen LogP contribution >= 0.6 is 0 Å². The molecule has 2 N–H and O–H groups in total. The first-order chi connectivity index (χ1) is 19.4. The average molecular weight is 575 g/mol. The number of hydrogen-bond acceptors (Lipinski definition) is 10. The predicted molar refractivity (Wildman–Crippen MR) is 142 cm³/mol. The largest absolute Gasteiger partial charge is 0.462 e. The maximum Gasteiger partial charge on any atom is 0.331 e. The van der Waals surface area contributed by atoms with Crippen LogP contribution in [0.1, 0.15) is 65.7 Å². The second-order valence-corrected chi connectivity index (χ2v) is 13.8. The molecule has 0 aromatic rings. The molecule has 226 valence electrons. The molecule has 7 aliphatic rings. The minimum Gasteiger partial charge on any atom is -0.462 e. The summed E-state index contributed by atoms with van der Waals surface area (Å²) < 4.78 is 35.2. The van der Waals surface area contributed by atoms with E-state index in [1.165, 1.54) is 18.6 Å². The Balaban J connectivity index is 1.21. The van der Waals surface area contributed by atoms with Crippen molar-refractivity contribution in [1.29, 1.82) is 0 Å². The van der Waals surface area contributed by atoms with Gasteiger partial charge in [0.05, 0.1) is 18.3 Å². The van der Waals surface area contributed by atoms with Crippen LogP contribution in [0.25, 0.3) is 0 Å². The molecule has 10 heteroatoms. The standard InChI is InChI=1S/C31H42O10/c1-16(32)39-23-14-30(34)20-6-5-18-12-21-22(41-31(35)24(36-4)8-10-37-27(31)40-21)13-28(18,2)19(20)7-9-29(30,3)26(23)17-11-25(33)38-15-17/h11-12,19-24,26-27,34-35H,5-10,13-15H2,1-4H3/t19-,20-,21+,22-,23+,24+,26+,27+,28+,29-,30+,31+/m1/s1. The van der Waals surface area contributed by atoms with Gasteiger partial charge in [0.2, 0.25) is 12.1 Å². The van der Waals surface area contributed by atoms with Crippen LogP contribution in [0.4, 0.5) is 0 Å². The maximum atomic E-state index is 12.8. The van der Waals surface area contributed by atoms with E-state index in [0.717, 1.165) is 31.3 Å². The number of rotatable bonds is 3. The lowest BCUT2D eigenvalue weighted by atomic mass is 9.45. The van der Waals surface area contributed by atoms with E-state index in [2.05, 4.69) is 19.9 Å². The molecule has 0 bridgehead atoms. The van der Waals surface area contributed by atoms with Crippen molar-refractivity contribution in [3.8, 4) is 0 Å². The van der Waals surface area contributed by atoms with E-state index in [0.29, 0.717) is 25.9 Å². The Hall–Kier alpha value is -1.82. The van der Waals surface area contributed by atoms with E-state index in [9.17, 15) is 19.8 Å². The fourth-order valence-corrected chi connectivity index (χ4v) is 10.2. The molecule has 3 saturated carbocycles. The Morgan fingerprint density at radius 1 is 1.12 bits per heavy atom. The minimum atomic E-state index is -1.68. The highest BCUT2D eigenvalue weighted by Crippen LogP contribution is 2.70. The summed E-state index contributed by atoms with van der Waals surface area (Å²) >= 11 is 0. The molecule has 10 nitrogen and oxygen atoms in total. The van der Waals surface area contributed by atoms with Crippen molar-refractivity contribution in [3.63, 3.8) is 0 Å². The van der Waals surface area contributed by atoms with E-state index in [1.807, 2.05) is 0 Å². The van der Waals surface area contributed by atoms with Gasteiger partial charge in [-0.1, -0.05) is 25.5 Å². The Labute approximate surface area is 240 Å². The van der Waals surface area contributed by atoms with Gasteiger partial charge in [-0.2, -0.15) is 0 Å². The van der Waals surface area contributed by atoms with Gasteiger partial charge in [0, 0.05) is 44.3 Å². The van der Waals surface area contributed by atoms with Gasteiger partial charge >= 0.3 is 11.9 Å². The number of hydrogen-bond donors (Lipinski definition) is 2. The van der Waals surface area contributed by atoms with Crippen molar-refractivity contribution in [1.82, 2.24) is 0 Å². The zero-order valence-electron chi connectivity index (χ0n) is 24.3. The number of fused-ring (bicyclic) bond motifs is 7. The molecule has 0 unspecified atom stereocenters. The van der Waals surface area contributed by atoms with Gasteiger partial charge in [-0.15, -0.1) is 0 Å². The zero-order chi connectivity index (χ0) is 28.9. The highest BCUT2D eigenvalue weighted by atomic mass is 16.8. The third kappa shape index (κ3) is 3.83. The third-order valence-corrected chi connectivity index (χ3v) is 12.0. The second-order valence-electron chi connectivity index (χ2n) is 13.8. The number of allylic oxidation sites excluding steroid dienone is 1. The number of cyclic esters (lactones) is 1. The third-order valence-electron chi connectivity index (χ3n) is 12.0. The molecule has 12 atom stereocenters. The molecule has 0 radical (unpaired) electrons. The summed E-state index contributed by atoms with van der Waals surface area (Å²) in [6.45, 7) is 6.36. The summed E-state index contributed by atoms with van der Waals surface area (Å²) in [4.78, 5) is 24.2. The van der Waals surface area contributed by atoms with E-state index in [-0.39, 0.29) is 53.9 Å². The number of carbonyl (C=O) groups is 2. The molecule has 0 aromatic carbocycles. The molecule has 41 heavy (non-hydrogen) atoms. The Morgan fingerprint density at radius 2 is 1.93 bits per heavy atom. The van der Waals surface area contributed by atoms with Crippen LogP contribution in [-0.2, 0) is 38.0 Å². The van der Waals surface area contributed by atoms with Gasteiger partial charge in [0.15, 0.2) is 0 Å². The minimum absolute atomic E-state index is 0.0355. The maximum absolute atomic E-state index is 12.8. The van der Waals surface area contributed by atoms with Gasteiger partial charge in [-0.25, -0.2) is 4.79 Å². The van der Waals surface area contributed by atoms with Gasteiger partial charge in [0.25, 0.3) is 0 Å². The molecule has 0 spiro atoms. The highest BCUT2D eigenvalue weighted by Gasteiger charge is 2.71. The summed E-state index contributed by atoms with van der Waals surface area (Å²) in [7, 11) is 1.56. The molecule has 2 saturated heterocycles. The average Bonchev–Trinajstić information content (AvgIpc) is 3.42. The van der Waals surface area contributed by atoms with Crippen LogP contribution in [-0.4, -0.2) is 84.6 Å². The van der Waals surface area contributed by atoms with E-state index >= 15 is 0 Å². The number of ether oxygens (including phenoxy) is 6. The van der Waals surface area contributed by atoms with Crippen LogP contribution in [0.5, 0.6) is 0 Å². The van der Waals surface area contributed by atoms with Gasteiger partial charge in [-0.05, 0) is 54.9 Å². The first-order valence-corrected chi connectivity index (χ1v) is 15.1. The van der Waals surface area contributed by atoms with Gasteiger partial charge in [0.1, 0.15) is 24.9 Å². The number of carbonyl (C=O) groups excluding carboxylic acids is 2. The SMILES string of the molecule is CO[C@H]1CCO[C@H]2O[C@H]3C=C4CC[C@@H]5[C@@H](CC[C@]6(C)[C@@H](C7=CC(=O)OC7)[C@@H](OC(C)=O)C[C@]56O)[C@@]4(C)C[C@H]3O[C@]21O. The van der Waals surface area contributed by atoms with Crippen LogP contribution in [0.15, 0.2) is 23.3 Å². The number of methoxy groups -OCH3 is 1. The number of aliphatic hydroxyl groups is 2. The normalized spacial score (nSPS) is 52.1. The van der Waals surface area contributed by atoms with Crippen molar-refractivity contribution in [2.45, 2.75) is 108 Å². The first-order valence-electron chi connectivity index (χ1n) is 15.1. The van der Waals surface area contributed by atoms with Crippen molar-refractivity contribution < 1.29 is 48.2 Å². The lowest BCUT2D eigenvalue weighted by molar-refractivity contribution is -0.442. The van der Waals surface area contributed by atoms with Crippen molar-refractivity contribution >= 4 is 11.9 Å². The summed E-state index contributed by atoms with van der Waals surface area (Å²) in [6, 6.07) is 0. The van der Waals surface area contributed by atoms with Crippen molar-refractivity contribution in [2.24, 2.45) is 28.6 Å². The van der Waals surface area contributed by atoms with Crippen LogP contribution in [0.2, 0.25) is 0 Å².